The molecule has 0 fully saturated rings. The molecule has 112 valence electrons. The Balaban J connectivity index is 2.17. The molecule has 1 aromatic heterocycles. The Labute approximate surface area is 128 Å². The van der Waals surface area contributed by atoms with Gasteiger partial charge in [0.2, 0.25) is 0 Å². The largest absolute Gasteiger partial charge is 0.310 e. The molecule has 0 saturated carbocycles. The lowest BCUT2D eigenvalue weighted by Crippen LogP contribution is -2.25. The van der Waals surface area contributed by atoms with Gasteiger partial charge in [0.15, 0.2) is 0 Å². The third-order valence-corrected chi connectivity index (χ3v) is 3.91. The molecular formula is C19H26N2. The molecule has 0 radical (unpaired) electrons. The number of hydrogen-bond donors (Lipinski definition) is 1. The van der Waals surface area contributed by atoms with Crippen LogP contribution in [0.25, 0.3) is 0 Å². The van der Waals surface area contributed by atoms with E-state index < -0.39 is 0 Å². The van der Waals surface area contributed by atoms with E-state index in [0.717, 1.165) is 31.5 Å². The Hall–Kier alpha value is -1.67. The maximum absolute atomic E-state index is 4.61. The van der Waals surface area contributed by atoms with Crippen LogP contribution in [0.1, 0.15) is 48.7 Å². The van der Waals surface area contributed by atoms with Gasteiger partial charge in [0, 0.05) is 24.4 Å². The average Bonchev–Trinajstić information content (AvgIpc) is 2.53. The Bertz CT molecular complexity index is 546. The van der Waals surface area contributed by atoms with Gasteiger partial charge in [-0.15, -0.1) is 0 Å². The van der Waals surface area contributed by atoms with Crippen LogP contribution >= 0.6 is 0 Å². The first-order valence-corrected chi connectivity index (χ1v) is 7.97. The Kier molecular flexibility index (Phi) is 5.94. The second kappa shape index (κ2) is 7.94. The Morgan fingerprint density at radius 2 is 1.90 bits per heavy atom. The minimum atomic E-state index is 0.339. The van der Waals surface area contributed by atoms with E-state index in [1.165, 1.54) is 16.7 Å². The molecule has 2 nitrogen and oxygen atoms in total. The zero-order chi connectivity index (χ0) is 15.1. The molecule has 2 aromatic rings. The smallest absolute Gasteiger partial charge is 0.0422 e. The SMILES string of the molecule is CCCNC(Cc1ccc(CC)cn1)c1ccccc1C. The number of nitrogens with zero attached hydrogens (tertiary/aromatic N) is 1. The highest BCUT2D eigenvalue weighted by molar-refractivity contribution is 5.30. The van der Waals surface area contributed by atoms with Crippen molar-refractivity contribution in [1.29, 1.82) is 0 Å². The average molecular weight is 282 g/mol. The van der Waals surface area contributed by atoms with Gasteiger partial charge in [0.25, 0.3) is 0 Å². The topological polar surface area (TPSA) is 24.9 Å². The zero-order valence-corrected chi connectivity index (χ0v) is 13.4. The van der Waals surface area contributed by atoms with Gasteiger partial charge in [-0.3, -0.25) is 4.98 Å². The van der Waals surface area contributed by atoms with Crippen LogP contribution < -0.4 is 5.32 Å². The maximum Gasteiger partial charge on any atom is 0.0422 e. The standard InChI is InChI=1S/C19H26N2/c1-4-12-20-19(18-9-7-6-8-15(18)3)13-17-11-10-16(5-2)14-21-17/h6-11,14,19-20H,4-5,12-13H2,1-3H3. The zero-order valence-electron chi connectivity index (χ0n) is 13.4. The number of pyridine rings is 1. The van der Waals surface area contributed by atoms with Crippen LogP contribution in [-0.4, -0.2) is 11.5 Å². The van der Waals surface area contributed by atoms with Gasteiger partial charge in [-0.1, -0.05) is 44.2 Å². The second-order valence-corrected chi connectivity index (χ2v) is 5.58. The summed E-state index contributed by atoms with van der Waals surface area (Å²) in [6.07, 6.45) is 5.13. The monoisotopic (exact) mass is 282 g/mol. The first kappa shape index (κ1) is 15.7. The van der Waals surface area contributed by atoms with Crippen molar-refractivity contribution in [1.82, 2.24) is 10.3 Å². The summed E-state index contributed by atoms with van der Waals surface area (Å²) < 4.78 is 0. The maximum atomic E-state index is 4.61. The summed E-state index contributed by atoms with van der Waals surface area (Å²) in [5.74, 6) is 0. The van der Waals surface area contributed by atoms with E-state index in [2.05, 4.69) is 67.5 Å². The Morgan fingerprint density at radius 3 is 2.52 bits per heavy atom. The fourth-order valence-corrected chi connectivity index (χ4v) is 2.58. The quantitative estimate of drug-likeness (QED) is 0.821. The molecule has 1 atom stereocenters. The molecule has 0 bridgehead atoms. The molecule has 1 aromatic carbocycles. The predicted molar refractivity (Wildman–Crippen MR) is 89.5 cm³/mol. The lowest BCUT2D eigenvalue weighted by molar-refractivity contribution is 0.522. The van der Waals surface area contributed by atoms with Gasteiger partial charge in [-0.2, -0.15) is 0 Å². The fourth-order valence-electron chi connectivity index (χ4n) is 2.58. The first-order chi connectivity index (χ1) is 10.2. The summed E-state index contributed by atoms with van der Waals surface area (Å²) in [6.45, 7) is 7.58. The predicted octanol–water partition coefficient (Wildman–Crippen LogP) is 4.24. The molecule has 0 aliphatic carbocycles. The summed E-state index contributed by atoms with van der Waals surface area (Å²) in [5.41, 5.74) is 5.18. The van der Waals surface area contributed by atoms with E-state index in [9.17, 15) is 0 Å². The third-order valence-electron chi connectivity index (χ3n) is 3.91. The number of aryl methyl sites for hydroxylation is 2. The van der Waals surface area contributed by atoms with Crippen molar-refractivity contribution < 1.29 is 0 Å². The molecule has 21 heavy (non-hydrogen) atoms. The van der Waals surface area contributed by atoms with Gasteiger partial charge < -0.3 is 5.32 Å². The molecule has 0 spiro atoms. The molecule has 2 rings (SSSR count). The molecule has 1 heterocycles. The lowest BCUT2D eigenvalue weighted by Gasteiger charge is -2.20. The molecular weight excluding hydrogens is 256 g/mol. The van der Waals surface area contributed by atoms with Crippen LogP contribution in [-0.2, 0) is 12.8 Å². The number of rotatable bonds is 7. The van der Waals surface area contributed by atoms with Crippen molar-refractivity contribution in [2.75, 3.05) is 6.54 Å². The number of nitrogens with one attached hydrogen (secondary N) is 1. The summed E-state index contributed by atoms with van der Waals surface area (Å²) >= 11 is 0. The molecule has 2 heteroatoms. The van der Waals surface area contributed by atoms with Crippen molar-refractivity contribution in [3.05, 3.63) is 65.0 Å². The highest BCUT2D eigenvalue weighted by Gasteiger charge is 2.14. The molecule has 1 unspecified atom stereocenters. The van der Waals surface area contributed by atoms with Crippen molar-refractivity contribution in [2.24, 2.45) is 0 Å². The molecule has 0 aliphatic rings. The summed E-state index contributed by atoms with van der Waals surface area (Å²) in [5, 5.41) is 3.66. The van der Waals surface area contributed by atoms with E-state index in [4.69, 9.17) is 0 Å². The van der Waals surface area contributed by atoms with E-state index in [0.29, 0.717) is 6.04 Å². The van der Waals surface area contributed by atoms with Crippen LogP contribution in [0.2, 0.25) is 0 Å². The Morgan fingerprint density at radius 1 is 1.10 bits per heavy atom. The van der Waals surface area contributed by atoms with Crippen molar-refractivity contribution in [3.8, 4) is 0 Å². The van der Waals surface area contributed by atoms with Crippen molar-refractivity contribution in [3.63, 3.8) is 0 Å². The normalized spacial score (nSPS) is 12.3. The third kappa shape index (κ3) is 4.40. The van der Waals surface area contributed by atoms with E-state index in [1.54, 1.807) is 0 Å². The van der Waals surface area contributed by atoms with Crippen molar-refractivity contribution >= 4 is 0 Å². The first-order valence-electron chi connectivity index (χ1n) is 7.97. The van der Waals surface area contributed by atoms with Crippen LogP contribution in [0, 0.1) is 6.92 Å². The van der Waals surface area contributed by atoms with Gasteiger partial charge in [-0.25, -0.2) is 0 Å². The summed E-state index contributed by atoms with van der Waals surface area (Å²) in [4.78, 5) is 4.61. The van der Waals surface area contributed by atoms with E-state index in [1.807, 2.05) is 6.20 Å². The molecule has 0 amide bonds. The van der Waals surface area contributed by atoms with Crippen LogP contribution in [0.15, 0.2) is 42.6 Å². The van der Waals surface area contributed by atoms with Crippen LogP contribution in [0.4, 0.5) is 0 Å². The van der Waals surface area contributed by atoms with Crippen LogP contribution in [0.3, 0.4) is 0 Å². The summed E-state index contributed by atoms with van der Waals surface area (Å²) in [7, 11) is 0. The molecule has 1 N–H and O–H groups in total. The highest BCUT2D eigenvalue weighted by Crippen LogP contribution is 2.21. The molecule has 0 aliphatic heterocycles. The molecule has 0 saturated heterocycles. The van der Waals surface area contributed by atoms with Gasteiger partial charge in [-0.05, 0) is 49.1 Å². The lowest BCUT2D eigenvalue weighted by atomic mass is 9.97. The minimum absolute atomic E-state index is 0.339. The van der Waals surface area contributed by atoms with Crippen molar-refractivity contribution in [2.45, 2.75) is 46.1 Å². The van der Waals surface area contributed by atoms with Gasteiger partial charge in [0.05, 0.1) is 0 Å². The number of hydrogen-bond acceptors (Lipinski definition) is 2. The van der Waals surface area contributed by atoms with E-state index >= 15 is 0 Å². The number of aromatic nitrogens is 1. The summed E-state index contributed by atoms with van der Waals surface area (Å²) in [6, 6.07) is 13.3. The van der Waals surface area contributed by atoms with Crippen LogP contribution in [0.5, 0.6) is 0 Å². The highest BCUT2D eigenvalue weighted by atomic mass is 14.9. The second-order valence-electron chi connectivity index (χ2n) is 5.58. The van der Waals surface area contributed by atoms with Gasteiger partial charge in [0.1, 0.15) is 0 Å². The van der Waals surface area contributed by atoms with Gasteiger partial charge >= 0.3 is 0 Å². The van der Waals surface area contributed by atoms with E-state index in [-0.39, 0.29) is 0 Å². The fraction of sp³-hybridized carbons (Fsp3) is 0.421. The number of benzene rings is 1. The minimum Gasteiger partial charge on any atom is -0.310 e.